The normalized spacial score (nSPS) is 14.9. The Balaban J connectivity index is 1.71. The van der Waals surface area contributed by atoms with Gasteiger partial charge in [0.2, 0.25) is 11.8 Å². The molecule has 184 valence electrons. The summed E-state index contributed by atoms with van der Waals surface area (Å²) in [6.45, 7) is 4.44. The molecule has 0 bridgehead atoms. The number of aryl methyl sites for hydroxylation is 1. The van der Waals surface area contributed by atoms with Gasteiger partial charge < -0.3 is 15.0 Å². The molecule has 1 fully saturated rings. The first-order chi connectivity index (χ1) is 16.5. The average molecular weight is 483 g/mol. The lowest BCUT2D eigenvalue weighted by Gasteiger charge is -2.33. The third kappa shape index (κ3) is 7.79. The summed E-state index contributed by atoms with van der Waals surface area (Å²) in [6, 6.07) is 15.8. The average Bonchev–Trinajstić information content (AvgIpc) is 2.85. The summed E-state index contributed by atoms with van der Waals surface area (Å²) in [4.78, 5) is 29.7. The third-order valence-electron chi connectivity index (χ3n) is 6.43. The van der Waals surface area contributed by atoms with Crippen LogP contribution < -0.4 is 10.1 Å². The van der Waals surface area contributed by atoms with E-state index in [1.165, 1.54) is 12.0 Å². The van der Waals surface area contributed by atoms with Gasteiger partial charge in [0.15, 0.2) is 0 Å². The number of ether oxygens (including phenoxy) is 1. The monoisotopic (exact) mass is 482 g/mol. The van der Waals surface area contributed by atoms with Gasteiger partial charge in [-0.1, -0.05) is 56.0 Å². The molecule has 0 radical (unpaired) electrons. The second-order valence-electron chi connectivity index (χ2n) is 9.05. The lowest BCUT2D eigenvalue weighted by atomic mass is 9.95. The number of carbonyl (C=O) groups excluding carboxylic acids is 2. The fraction of sp³-hybridized carbons (Fsp3) is 0.500. The van der Waals surface area contributed by atoms with Crippen molar-refractivity contribution >= 4 is 23.6 Å². The molecular weight excluding hydrogens is 444 g/mol. The Morgan fingerprint density at radius 3 is 2.53 bits per heavy atom. The zero-order valence-corrected chi connectivity index (χ0v) is 21.5. The third-order valence-corrected chi connectivity index (χ3v) is 7.44. The van der Waals surface area contributed by atoms with Gasteiger partial charge in [0.05, 0.1) is 7.11 Å². The summed E-state index contributed by atoms with van der Waals surface area (Å²) in [5, 5.41) is 3.24. The van der Waals surface area contributed by atoms with Gasteiger partial charge in [-0.05, 0) is 56.0 Å². The van der Waals surface area contributed by atoms with Crippen LogP contribution in [0.3, 0.4) is 0 Å². The number of hydrogen-bond donors (Lipinski definition) is 1. The standard InChI is InChI=1S/C28H38N2O3S/c1-4-26(28(32)29-23-10-6-5-7-11-23)30(20-22-9-8-12-24(19-22)33-3)27(31)17-18-34-25-15-13-21(2)14-16-25/h8-9,12-16,19,23,26H,4-7,10-11,17-18,20H2,1-3H3,(H,29,32). The molecule has 1 aliphatic rings. The SMILES string of the molecule is CCC(C(=O)NC1CCCCC1)N(Cc1cccc(OC)c1)C(=O)CCSc1ccc(C)cc1. The molecule has 2 aromatic rings. The molecule has 2 amide bonds. The number of nitrogens with zero attached hydrogens (tertiary/aromatic N) is 1. The molecule has 0 spiro atoms. The van der Waals surface area contributed by atoms with Crippen LogP contribution in [-0.4, -0.2) is 41.7 Å². The minimum atomic E-state index is -0.481. The molecule has 0 aromatic heterocycles. The van der Waals surface area contributed by atoms with E-state index in [0.29, 0.717) is 25.1 Å². The van der Waals surface area contributed by atoms with E-state index in [1.807, 2.05) is 31.2 Å². The van der Waals surface area contributed by atoms with Crippen molar-refractivity contribution in [3.63, 3.8) is 0 Å². The number of thioether (sulfide) groups is 1. The molecule has 1 N–H and O–H groups in total. The molecule has 0 aliphatic heterocycles. The molecule has 5 nitrogen and oxygen atoms in total. The molecule has 1 unspecified atom stereocenters. The van der Waals surface area contributed by atoms with E-state index in [1.54, 1.807) is 23.8 Å². The maximum absolute atomic E-state index is 13.4. The fourth-order valence-electron chi connectivity index (χ4n) is 4.47. The highest BCUT2D eigenvalue weighted by Gasteiger charge is 2.30. The van der Waals surface area contributed by atoms with Crippen LogP contribution in [0.15, 0.2) is 53.4 Å². The Hall–Kier alpha value is -2.47. The predicted octanol–water partition coefficient (Wildman–Crippen LogP) is 5.74. The maximum Gasteiger partial charge on any atom is 0.243 e. The van der Waals surface area contributed by atoms with Crippen molar-refractivity contribution in [3.8, 4) is 5.75 Å². The molecule has 1 saturated carbocycles. The van der Waals surface area contributed by atoms with Gasteiger partial charge in [-0.15, -0.1) is 11.8 Å². The highest BCUT2D eigenvalue weighted by atomic mass is 32.2. The van der Waals surface area contributed by atoms with Crippen LogP contribution in [0.2, 0.25) is 0 Å². The molecule has 3 rings (SSSR count). The van der Waals surface area contributed by atoms with Crippen molar-refractivity contribution in [2.75, 3.05) is 12.9 Å². The Bertz CT molecular complexity index is 926. The zero-order valence-electron chi connectivity index (χ0n) is 20.7. The lowest BCUT2D eigenvalue weighted by Crippen LogP contribution is -2.51. The lowest BCUT2D eigenvalue weighted by molar-refractivity contribution is -0.141. The minimum Gasteiger partial charge on any atom is -0.497 e. The van der Waals surface area contributed by atoms with E-state index < -0.39 is 6.04 Å². The fourth-order valence-corrected chi connectivity index (χ4v) is 5.31. The highest BCUT2D eigenvalue weighted by molar-refractivity contribution is 7.99. The largest absolute Gasteiger partial charge is 0.497 e. The molecule has 1 aliphatic carbocycles. The van der Waals surface area contributed by atoms with E-state index in [0.717, 1.165) is 41.9 Å². The van der Waals surface area contributed by atoms with Crippen LogP contribution in [0, 0.1) is 6.92 Å². The Labute approximate surface area is 208 Å². The van der Waals surface area contributed by atoms with Crippen LogP contribution in [0.4, 0.5) is 0 Å². The molecule has 0 saturated heterocycles. The Morgan fingerprint density at radius 2 is 1.85 bits per heavy atom. The van der Waals surface area contributed by atoms with E-state index in [2.05, 4.69) is 36.5 Å². The van der Waals surface area contributed by atoms with Crippen LogP contribution in [0.1, 0.15) is 63.0 Å². The van der Waals surface area contributed by atoms with Gasteiger partial charge in [-0.3, -0.25) is 9.59 Å². The zero-order chi connectivity index (χ0) is 24.3. The van der Waals surface area contributed by atoms with Crippen LogP contribution in [-0.2, 0) is 16.1 Å². The number of amides is 2. The first-order valence-electron chi connectivity index (χ1n) is 12.4. The van der Waals surface area contributed by atoms with E-state index >= 15 is 0 Å². The molecule has 34 heavy (non-hydrogen) atoms. The summed E-state index contributed by atoms with van der Waals surface area (Å²) in [6.07, 6.45) is 6.57. The maximum atomic E-state index is 13.4. The first-order valence-corrected chi connectivity index (χ1v) is 13.4. The minimum absolute atomic E-state index is 0.00748. The summed E-state index contributed by atoms with van der Waals surface area (Å²) in [7, 11) is 1.64. The number of rotatable bonds is 11. The topological polar surface area (TPSA) is 58.6 Å². The van der Waals surface area contributed by atoms with Crippen molar-refractivity contribution in [2.24, 2.45) is 0 Å². The van der Waals surface area contributed by atoms with Crippen LogP contribution in [0.25, 0.3) is 0 Å². The summed E-state index contributed by atoms with van der Waals surface area (Å²) in [5.74, 6) is 1.40. The van der Waals surface area contributed by atoms with Crippen molar-refractivity contribution in [3.05, 3.63) is 59.7 Å². The van der Waals surface area contributed by atoms with E-state index in [9.17, 15) is 9.59 Å². The second-order valence-corrected chi connectivity index (χ2v) is 10.2. The van der Waals surface area contributed by atoms with Gasteiger partial charge in [0, 0.05) is 29.7 Å². The van der Waals surface area contributed by atoms with E-state index in [-0.39, 0.29) is 17.9 Å². The van der Waals surface area contributed by atoms with Crippen LogP contribution >= 0.6 is 11.8 Å². The van der Waals surface area contributed by atoms with Gasteiger partial charge in [-0.25, -0.2) is 0 Å². The second kappa shape index (κ2) is 13.4. The highest BCUT2D eigenvalue weighted by Crippen LogP contribution is 2.23. The van der Waals surface area contributed by atoms with Crippen molar-refractivity contribution in [2.45, 2.75) is 82.3 Å². The number of benzene rings is 2. The van der Waals surface area contributed by atoms with Gasteiger partial charge in [0.1, 0.15) is 11.8 Å². The Kier molecular flexibility index (Phi) is 10.3. The summed E-state index contributed by atoms with van der Waals surface area (Å²) < 4.78 is 5.37. The first kappa shape index (κ1) is 26.1. The summed E-state index contributed by atoms with van der Waals surface area (Å²) >= 11 is 1.68. The smallest absolute Gasteiger partial charge is 0.243 e. The van der Waals surface area contributed by atoms with Gasteiger partial charge >= 0.3 is 0 Å². The number of nitrogens with one attached hydrogen (secondary N) is 1. The quantitative estimate of drug-likeness (QED) is 0.415. The molecule has 2 aromatic carbocycles. The Morgan fingerprint density at radius 1 is 1.12 bits per heavy atom. The van der Waals surface area contributed by atoms with Crippen LogP contribution in [0.5, 0.6) is 5.75 Å². The molecule has 6 heteroatoms. The van der Waals surface area contributed by atoms with Crippen molar-refractivity contribution in [1.29, 1.82) is 0 Å². The van der Waals surface area contributed by atoms with Crippen molar-refractivity contribution in [1.82, 2.24) is 10.2 Å². The molecule has 1 atom stereocenters. The summed E-state index contributed by atoms with van der Waals surface area (Å²) in [5.41, 5.74) is 2.18. The molecular formula is C28H38N2O3S. The number of methoxy groups -OCH3 is 1. The van der Waals surface area contributed by atoms with E-state index in [4.69, 9.17) is 4.74 Å². The van der Waals surface area contributed by atoms with Gasteiger partial charge in [0.25, 0.3) is 0 Å². The van der Waals surface area contributed by atoms with Gasteiger partial charge in [-0.2, -0.15) is 0 Å². The number of carbonyl (C=O) groups is 2. The predicted molar refractivity (Wildman–Crippen MR) is 139 cm³/mol. The molecule has 0 heterocycles. The number of hydrogen-bond acceptors (Lipinski definition) is 4. The van der Waals surface area contributed by atoms with Crippen molar-refractivity contribution < 1.29 is 14.3 Å².